The van der Waals surface area contributed by atoms with E-state index in [9.17, 15) is 18.0 Å². The second-order valence-corrected chi connectivity index (χ2v) is 3.42. The minimum Gasteiger partial charge on any atom is -0.353 e. The molecule has 0 heterocycles. The third-order valence-electron chi connectivity index (χ3n) is 1.85. The lowest BCUT2D eigenvalue weighted by atomic mass is 10.4. The summed E-state index contributed by atoms with van der Waals surface area (Å²) >= 11 is 0. The van der Waals surface area contributed by atoms with Gasteiger partial charge in [-0.2, -0.15) is 13.2 Å². The van der Waals surface area contributed by atoms with Crippen LogP contribution in [0.25, 0.3) is 0 Å². The summed E-state index contributed by atoms with van der Waals surface area (Å²) in [6.45, 7) is 4.00. The summed E-state index contributed by atoms with van der Waals surface area (Å²) in [4.78, 5) is 10.4. The fraction of sp³-hybridized carbons (Fsp3) is 0.900. The van der Waals surface area contributed by atoms with Crippen molar-refractivity contribution in [2.45, 2.75) is 39.2 Å². The minimum atomic E-state index is -4.84. The lowest BCUT2D eigenvalue weighted by molar-refractivity contribution is -0.174. The summed E-state index contributed by atoms with van der Waals surface area (Å²) in [6.07, 6.45) is -3.43. The van der Waals surface area contributed by atoms with Gasteiger partial charge >= 0.3 is 12.1 Å². The average molecular weight is 257 g/mol. The van der Waals surface area contributed by atoms with Gasteiger partial charge in [-0.15, -0.1) is 0 Å². The number of carbonyl (C=O) groups excluding carboxylic acids is 1. The number of rotatable bonds is 8. The minimum absolute atomic E-state index is 0.0187. The molecule has 0 aromatic carbocycles. The Balaban J connectivity index is 3.48. The van der Waals surface area contributed by atoms with Crippen molar-refractivity contribution < 1.29 is 27.4 Å². The maximum atomic E-state index is 11.8. The number of alkyl halides is 3. The van der Waals surface area contributed by atoms with Crippen molar-refractivity contribution in [1.29, 1.82) is 0 Å². The number of hydrogen-bond acceptors (Lipinski definition) is 3. The van der Waals surface area contributed by atoms with E-state index in [2.05, 4.69) is 0 Å². The lowest BCUT2D eigenvalue weighted by Gasteiger charge is -2.14. The Hall–Kier alpha value is -0.820. The molecular formula is C10H18F3NO3. The van der Waals surface area contributed by atoms with Gasteiger partial charge in [0.2, 0.25) is 0 Å². The van der Waals surface area contributed by atoms with Crippen molar-refractivity contribution in [2.75, 3.05) is 19.8 Å². The van der Waals surface area contributed by atoms with Crippen molar-refractivity contribution in [3.8, 4) is 0 Å². The van der Waals surface area contributed by atoms with Crippen LogP contribution in [0.15, 0.2) is 0 Å². The fourth-order valence-electron chi connectivity index (χ4n) is 0.931. The molecule has 0 aromatic rings. The number of hydrogen-bond donors (Lipinski definition) is 1. The molecule has 0 saturated heterocycles. The van der Waals surface area contributed by atoms with Crippen LogP contribution in [0.3, 0.4) is 0 Å². The second-order valence-electron chi connectivity index (χ2n) is 3.42. The Morgan fingerprint density at radius 1 is 1.29 bits per heavy atom. The van der Waals surface area contributed by atoms with Crippen LogP contribution in [0.4, 0.5) is 13.2 Å². The van der Waals surface area contributed by atoms with E-state index < -0.39 is 18.4 Å². The summed E-state index contributed by atoms with van der Waals surface area (Å²) in [5.41, 5.74) is 0. The van der Waals surface area contributed by atoms with E-state index in [-0.39, 0.29) is 13.2 Å². The molecule has 1 N–H and O–H groups in total. The Morgan fingerprint density at radius 3 is 2.41 bits per heavy atom. The van der Waals surface area contributed by atoms with E-state index in [1.165, 1.54) is 0 Å². The zero-order valence-electron chi connectivity index (χ0n) is 9.97. The first kappa shape index (κ1) is 16.2. The molecule has 0 rings (SSSR count). The van der Waals surface area contributed by atoms with Crippen LogP contribution in [0, 0.1) is 0 Å². The van der Waals surface area contributed by atoms with Crippen molar-refractivity contribution in [1.82, 2.24) is 5.32 Å². The molecule has 0 aliphatic carbocycles. The van der Waals surface area contributed by atoms with Crippen molar-refractivity contribution >= 4 is 5.91 Å². The van der Waals surface area contributed by atoms with Crippen LogP contribution < -0.4 is 5.32 Å². The zero-order valence-corrected chi connectivity index (χ0v) is 9.97. The van der Waals surface area contributed by atoms with Gasteiger partial charge in [0, 0.05) is 13.2 Å². The third-order valence-corrected chi connectivity index (χ3v) is 1.85. The fourth-order valence-corrected chi connectivity index (χ4v) is 0.931. The molecule has 0 bridgehead atoms. The Bertz CT molecular complexity index is 221. The van der Waals surface area contributed by atoms with Gasteiger partial charge in [-0.1, -0.05) is 13.3 Å². The molecule has 0 aromatic heterocycles. The van der Waals surface area contributed by atoms with Gasteiger partial charge in [0.05, 0.1) is 6.61 Å². The Kier molecular flexibility index (Phi) is 7.90. The molecule has 0 radical (unpaired) electrons. The third kappa shape index (κ3) is 8.93. The lowest BCUT2D eigenvalue weighted by Crippen LogP contribution is -2.38. The number of nitrogens with one attached hydrogen (secondary N) is 1. The number of ether oxygens (including phenoxy) is 2. The molecular weight excluding hydrogens is 239 g/mol. The number of unbranched alkanes of at least 4 members (excludes halogenated alkanes) is 1. The van der Waals surface area contributed by atoms with Crippen molar-refractivity contribution in [2.24, 2.45) is 0 Å². The van der Waals surface area contributed by atoms with Gasteiger partial charge in [0.1, 0.15) is 0 Å². The molecule has 0 saturated carbocycles. The Morgan fingerprint density at radius 2 is 1.88 bits per heavy atom. The predicted molar refractivity (Wildman–Crippen MR) is 55.3 cm³/mol. The van der Waals surface area contributed by atoms with Gasteiger partial charge in [-0.3, -0.25) is 4.79 Å². The average Bonchev–Trinajstić information content (AvgIpc) is 2.23. The second kappa shape index (κ2) is 8.30. The summed E-state index contributed by atoms with van der Waals surface area (Å²) < 4.78 is 45.5. The SMILES string of the molecule is CCCCOC(C)OCCNC(=O)C(F)(F)F. The highest BCUT2D eigenvalue weighted by Crippen LogP contribution is 2.13. The monoisotopic (exact) mass is 257 g/mol. The molecule has 17 heavy (non-hydrogen) atoms. The molecule has 0 fully saturated rings. The first-order valence-electron chi connectivity index (χ1n) is 5.46. The van der Waals surface area contributed by atoms with E-state index in [0.29, 0.717) is 6.61 Å². The number of halogens is 3. The van der Waals surface area contributed by atoms with Crippen LogP contribution in [-0.4, -0.2) is 38.1 Å². The summed E-state index contributed by atoms with van der Waals surface area (Å²) in [5.74, 6) is -1.96. The molecule has 0 aliphatic rings. The van der Waals surface area contributed by atoms with Gasteiger partial charge in [0.15, 0.2) is 6.29 Å². The van der Waals surface area contributed by atoms with Crippen molar-refractivity contribution in [3.05, 3.63) is 0 Å². The van der Waals surface area contributed by atoms with Crippen LogP contribution in [0.5, 0.6) is 0 Å². The quantitative estimate of drug-likeness (QED) is 0.533. The van der Waals surface area contributed by atoms with Crippen LogP contribution in [0.2, 0.25) is 0 Å². The maximum Gasteiger partial charge on any atom is 0.471 e. The maximum absolute atomic E-state index is 11.8. The molecule has 0 spiro atoms. The van der Waals surface area contributed by atoms with E-state index in [1.54, 1.807) is 12.2 Å². The van der Waals surface area contributed by atoms with Crippen molar-refractivity contribution in [3.63, 3.8) is 0 Å². The van der Waals surface area contributed by atoms with Crippen LogP contribution in [-0.2, 0) is 14.3 Å². The Labute approximate surface area is 98.5 Å². The standard InChI is InChI=1S/C10H18F3NO3/c1-3-4-6-16-8(2)17-7-5-14-9(15)10(11,12)13/h8H,3-7H2,1-2H3,(H,14,15). The van der Waals surface area contributed by atoms with Gasteiger partial charge in [0.25, 0.3) is 0 Å². The van der Waals surface area contributed by atoms with E-state index in [1.807, 2.05) is 6.92 Å². The number of amides is 1. The smallest absolute Gasteiger partial charge is 0.353 e. The summed E-state index contributed by atoms with van der Waals surface area (Å²) in [6, 6.07) is 0. The number of carbonyl (C=O) groups is 1. The van der Waals surface area contributed by atoms with Gasteiger partial charge in [-0.25, -0.2) is 0 Å². The zero-order chi connectivity index (χ0) is 13.3. The molecule has 1 atom stereocenters. The van der Waals surface area contributed by atoms with Crippen LogP contribution in [0.1, 0.15) is 26.7 Å². The van der Waals surface area contributed by atoms with E-state index in [4.69, 9.17) is 9.47 Å². The first-order chi connectivity index (χ1) is 7.88. The summed E-state index contributed by atoms with van der Waals surface area (Å²) in [7, 11) is 0. The molecule has 1 unspecified atom stereocenters. The normalized spacial score (nSPS) is 13.5. The highest BCUT2D eigenvalue weighted by Gasteiger charge is 2.38. The highest BCUT2D eigenvalue weighted by atomic mass is 19.4. The van der Waals surface area contributed by atoms with E-state index >= 15 is 0 Å². The predicted octanol–water partition coefficient (Wildman–Crippen LogP) is 1.84. The molecule has 1 amide bonds. The van der Waals surface area contributed by atoms with Crippen LogP contribution >= 0.6 is 0 Å². The summed E-state index contributed by atoms with van der Waals surface area (Å²) in [5, 5.41) is 1.70. The van der Waals surface area contributed by atoms with Gasteiger partial charge < -0.3 is 14.8 Å². The first-order valence-corrected chi connectivity index (χ1v) is 5.46. The largest absolute Gasteiger partial charge is 0.471 e. The van der Waals surface area contributed by atoms with E-state index in [0.717, 1.165) is 12.8 Å². The topological polar surface area (TPSA) is 47.6 Å². The van der Waals surface area contributed by atoms with Gasteiger partial charge in [-0.05, 0) is 13.3 Å². The molecule has 7 heteroatoms. The highest BCUT2D eigenvalue weighted by molar-refractivity contribution is 5.81. The molecule has 0 aliphatic heterocycles. The molecule has 4 nitrogen and oxygen atoms in total. The molecule has 102 valence electrons.